The molecule has 106 valence electrons. The van der Waals surface area contributed by atoms with Crippen LogP contribution in [0.4, 0.5) is 0 Å². The fourth-order valence-electron chi connectivity index (χ4n) is 2.83. The largest absolute Gasteiger partial charge is 0.317 e. The normalized spacial score (nSPS) is 20.3. The van der Waals surface area contributed by atoms with Crippen molar-refractivity contribution in [2.45, 2.75) is 44.9 Å². The van der Waals surface area contributed by atoms with Gasteiger partial charge in [-0.15, -0.1) is 11.8 Å². The van der Waals surface area contributed by atoms with Crippen LogP contribution in [0.3, 0.4) is 0 Å². The Hall–Kier alpha value is -0.470. The number of fused-ring (bicyclic) bond motifs is 1. The molecule has 0 saturated heterocycles. The van der Waals surface area contributed by atoms with Crippen LogP contribution < -0.4 is 5.32 Å². The summed E-state index contributed by atoms with van der Waals surface area (Å²) in [6, 6.07) is 8.95. The highest BCUT2D eigenvalue weighted by Gasteiger charge is 2.31. The SMILES string of the molecule is CCNCC(CC1CSc2ccccc21)C(C)(C)C. The maximum Gasteiger partial charge on any atom is 0.0107 e. The van der Waals surface area contributed by atoms with Crippen LogP contribution in [0.15, 0.2) is 29.2 Å². The minimum atomic E-state index is 0.379. The summed E-state index contributed by atoms with van der Waals surface area (Å²) in [6.45, 7) is 11.5. The third-order valence-corrected chi connectivity index (χ3v) is 5.49. The fraction of sp³-hybridized carbons (Fsp3) is 0.647. The number of rotatable bonds is 5. The molecule has 0 bridgehead atoms. The molecule has 2 unspecified atom stereocenters. The van der Waals surface area contributed by atoms with E-state index in [-0.39, 0.29) is 0 Å². The minimum Gasteiger partial charge on any atom is -0.317 e. The van der Waals surface area contributed by atoms with E-state index in [0.29, 0.717) is 5.41 Å². The number of nitrogens with one attached hydrogen (secondary N) is 1. The molecule has 1 aliphatic heterocycles. The molecule has 0 fully saturated rings. The van der Waals surface area contributed by atoms with Crippen LogP contribution in [0.2, 0.25) is 0 Å². The molecule has 2 atom stereocenters. The van der Waals surface area contributed by atoms with Crippen molar-refractivity contribution in [2.24, 2.45) is 11.3 Å². The van der Waals surface area contributed by atoms with Gasteiger partial charge in [-0.05, 0) is 48.4 Å². The summed E-state index contributed by atoms with van der Waals surface area (Å²) in [4.78, 5) is 1.50. The molecule has 1 aliphatic rings. The van der Waals surface area contributed by atoms with Gasteiger partial charge in [0.05, 0.1) is 0 Å². The van der Waals surface area contributed by atoms with E-state index in [2.05, 4.69) is 57.3 Å². The Kier molecular flexibility index (Phi) is 4.97. The van der Waals surface area contributed by atoms with Crippen LogP contribution in [0.25, 0.3) is 0 Å². The zero-order valence-corrected chi connectivity index (χ0v) is 13.5. The Morgan fingerprint density at radius 2 is 2.05 bits per heavy atom. The molecule has 0 saturated carbocycles. The van der Waals surface area contributed by atoms with Gasteiger partial charge in [0, 0.05) is 10.6 Å². The molecule has 2 heteroatoms. The molecule has 1 aromatic rings. The van der Waals surface area contributed by atoms with E-state index >= 15 is 0 Å². The van der Waals surface area contributed by atoms with Gasteiger partial charge in [-0.1, -0.05) is 45.9 Å². The highest BCUT2D eigenvalue weighted by molar-refractivity contribution is 7.99. The summed E-state index contributed by atoms with van der Waals surface area (Å²) >= 11 is 2.03. The van der Waals surface area contributed by atoms with Gasteiger partial charge in [-0.3, -0.25) is 0 Å². The van der Waals surface area contributed by atoms with Gasteiger partial charge in [0.25, 0.3) is 0 Å². The molecule has 1 heterocycles. The van der Waals surface area contributed by atoms with E-state index in [1.54, 1.807) is 5.56 Å². The van der Waals surface area contributed by atoms with E-state index in [0.717, 1.165) is 24.9 Å². The van der Waals surface area contributed by atoms with Gasteiger partial charge in [0.15, 0.2) is 0 Å². The first-order valence-corrected chi connectivity index (χ1v) is 8.43. The van der Waals surface area contributed by atoms with Crippen LogP contribution in [0.1, 0.15) is 45.6 Å². The van der Waals surface area contributed by atoms with E-state index in [1.165, 1.54) is 17.1 Å². The fourth-order valence-corrected chi connectivity index (χ4v) is 4.10. The van der Waals surface area contributed by atoms with Gasteiger partial charge in [-0.2, -0.15) is 0 Å². The molecule has 0 radical (unpaired) electrons. The Labute approximate surface area is 122 Å². The zero-order valence-electron chi connectivity index (χ0n) is 12.7. The van der Waals surface area contributed by atoms with Crippen molar-refractivity contribution >= 4 is 11.8 Å². The summed E-state index contributed by atoms with van der Waals surface area (Å²) in [5.74, 6) is 2.74. The highest BCUT2D eigenvalue weighted by Crippen LogP contribution is 2.44. The van der Waals surface area contributed by atoms with Crippen molar-refractivity contribution in [2.75, 3.05) is 18.8 Å². The predicted molar refractivity (Wildman–Crippen MR) is 86.0 cm³/mol. The quantitative estimate of drug-likeness (QED) is 0.848. The second-order valence-electron chi connectivity index (χ2n) is 6.65. The van der Waals surface area contributed by atoms with Gasteiger partial charge >= 0.3 is 0 Å². The second-order valence-corrected chi connectivity index (χ2v) is 7.71. The second kappa shape index (κ2) is 6.32. The Bertz CT molecular complexity index is 408. The van der Waals surface area contributed by atoms with Gasteiger partial charge in [0.2, 0.25) is 0 Å². The smallest absolute Gasteiger partial charge is 0.0107 e. The average molecular weight is 277 g/mol. The summed E-state index contributed by atoms with van der Waals surface area (Å²) in [5.41, 5.74) is 1.96. The van der Waals surface area contributed by atoms with Crippen LogP contribution in [0.5, 0.6) is 0 Å². The van der Waals surface area contributed by atoms with E-state index in [1.807, 2.05) is 11.8 Å². The third kappa shape index (κ3) is 3.76. The van der Waals surface area contributed by atoms with Crippen molar-refractivity contribution in [3.05, 3.63) is 29.8 Å². The highest BCUT2D eigenvalue weighted by atomic mass is 32.2. The van der Waals surface area contributed by atoms with Gasteiger partial charge in [0.1, 0.15) is 0 Å². The van der Waals surface area contributed by atoms with Crippen molar-refractivity contribution in [3.63, 3.8) is 0 Å². The lowest BCUT2D eigenvalue weighted by Crippen LogP contribution is -2.33. The average Bonchev–Trinajstić information content (AvgIpc) is 2.76. The molecule has 19 heavy (non-hydrogen) atoms. The molecule has 0 amide bonds. The summed E-state index contributed by atoms with van der Waals surface area (Å²) in [7, 11) is 0. The number of hydrogen-bond acceptors (Lipinski definition) is 2. The molecule has 0 spiro atoms. The van der Waals surface area contributed by atoms with Crippen molar-refractivity contribution < 1.29 is 0 Å². The molecule has 0 aromatic heterocycles. The predicted octanol–water partition coefficient (Wildman–Crippen LogP) is 4.54. The lowest BCUT2D eigenvalue weighted by Gasteiger charge is -2.33. The van der Waals surface area contributed by atoms with Crippen LogP contribution >= 0.6 is 11.8 Å². The summed E-state index contributed by atoms with van der Waals surface area (Å²) < 4.78 is 0. The first-order chi connectivity index (χ1) is 9.02. The van der Waals surface area contributed by atoms with Crippen molar-refractivity contribution in [1.82, 2.24) is 5.32 Å². The first kappa shape index (κ1) is 14.9. The van der Waals surface area contributed by atoms with Gasteiger partial charge in [-0.25, -0.2) is 0 Å². The Morgan fingerprint density at radius 3 is 2.74 bits per heavy atom. The zero-order chi connectivity index (χ0) is 13.9. The molecular weight excluding hydrogens is 250 g/mol. The standard InChI is InChI=1S/C17H27NS/c1-5-18-11-14(17(2,3)4)10-13-12-19-16-9-7-6-8-15(13)16/h6-9,13-14,18H,5,10-12H2,1-4H3. The lowest BCUT2D eigenvalue weighted by atomic mass is 9.75. The Balaban J connectivity index is 2.06. The maximum atomic E-state index is 3.55. The van der Waals surface area contributed by atoms with E-state index < -0.39 is 0 Å². The number of benzene rings is 1. The Morgan fingerprint density at radius 1 is 1.32 bits per heavy atom. The lowest BCUT2D eigenvalue weighted by molar-refractivity contribution is 0.211. The van der Waals surface area contributed by atoms with E-state index in [9.17, 15) is 0 Å². The minimum absolute atomic E-state index is 0.379. The summed E-state index contributed by atoms with van der Waals surface area (Å²) in [5, 5.41) is 3.55. The molecule has 1 nitrogen and oxygen atoms in total. The number of thioether (sulfide) groups is 1. The van der Waals surface area contributed by atoms with E-state index in [4.69, 9.17) is 0 Å². The number of hydrogen-bond donors (Lipinski definition) is 1. The molecule has 1 aromatic carbocycles. The van der Waals surface area contributed by atoms with Crippen LogP contribution in [0, 0.1) is 11.3 Å². The van der Waals surface area contributed by atoms with Crippen molar-refractivity contribution in [3.8, 4) is 0 Å². The summed E-state index contributed by atoms with van der Waals surface area (Å²) in [6.07, 6.45) is 1.31. The molecule has 1 N–H and O–H groups in total. The van der Waals surface area contributed by atoms with Gasteiger partial charge < -0.3 is 5.32 Å². The third-order valence-electron chi connectivity index (χ3n) is 4.23. The topological polar surface area (TPSA) is 12.0 Å². The molecule has 2 rings (SSSR count). The molecular formula is C17H27NS. The van der Waals surface area contributed by atoms with Crippen LogP contribution in [-0.2, 0) is 0 Å². The van der Waals surface area contributed by atoms with Crippen LogP contribution in [-0.4, -0.2) is 18.8 Å². The van der Waals surface area contributed by atoms with Crippen molar-refractivity contribution in [1.29, 1.82) is 0 Å². The monoisotopic (exact) mass is 277 g/mol. The maximum absolute atomic E-state index is 3.55. The molecule has 0 aliphatic carbocycles. The first-order valence-electron chi connectivity index (χ1n) is 7.44.